The quantitative estimate of drug-likeness (QED) is 0.599. The van der Waals surface area contributed by atoms with E-state index >= 15 is 0 Å². The third-order valence-corrected chi connectivity index (χ3v) is 6.28. The summed E-state index contributed by atoms with van der Waals surface area (Å²) < 4.78 is 12.7. The lowest BCUT2D eigenvalue weighted by molar-refractivity contribution is -0.0140. The van der Waals surface area contributed by atoms with Crippen molar-refractivity contribution in [1.29, 1.82) is 0 Å². The van der Waals surface area contributed by atoms with Gasteiger partial charge in [-0.15, -0.1) is 5.10 Å². The van der Waals surface area contributed by atoms with E-state index in [2.05, 4.69) is 27.8 Å². The van der Waals surface area contributed by atoms with Crippen LogP contribution in [0.3, 0.4) is 0 Å². The zero-order chi connectivity index (χ0) is 23.5. The molecule has 4 rings (SSSR count). The average molecular weight is 451 g/mol. The van der Waals surface area contributed by atoms with Crippen molar-refractivity contribution in [3.63, 3.8) is 0 Å². The second kappa shape index (κ2) is 9.72. The number of nitrogens with zero attached hydrogens (tertiary/aromatic N) is 3. The molecular formula is C25H30N4O4. The van der Waals surface area contributed by atoms with Gasteiger partial charge in [0.05, 0.1) is 37.6 Å². The summed E-state index contributed by atoms with van der Waals surface area (Å²) in [6.45, 7) is 4.80. The molecule has 1 aliphatic heterocycles. The van der Waals surface area contributed by atoms with Crippen LogP contribution >= 0.6 is 0 Å². The first-order chi connectivity index (χ1) is 15.9. The van der Waals surface area contributed by atoms with Crippen LogP contribution in [0.5, 0.6) is 5.75 Å². The van der Waals surface area contributed by atoms with Crippen molar-refractivity contribution in [2.45, 2.75) is 38.8 Å². The van der Waals surface area contributed by atoms with Gasteiger partial charge in [0.1, 0.15) is 11.4 Å². The van der Waals surface area contributed by atoms with Crippen LogP contribution in [0.4, 0.5) is 0 Å². The van der Waals surface area contributed by atoms with E-state index in [1.807, 2.05) is 45.3 Å². The van der Waals surface area contributed by atoms with Crippen LogP contribution < -0.4 is 10.1 Å². The first-order valence-corrected chi connectivity index (χ1v) is 11.1. The molecule has 2 atom stereocenters. The minimum atomic E-state index is -0.618. The Hall–Kier alpha value is -3.23. The molecule has 1 fully saturated rings. The number of amides is 1. The molecule has 1 aromatic heterocycles. The lowest BCUT2D eigenvalue weighted by Crippen LogP contribution is -2.49. The number of aromatic nitrogens is 3. The van der Waals surface area contributed by atoms with Crippen molar-refractivity contribution in [2.75, 3.05) is 20.3 Å². The van der Waals surface area contributed by atoms with Crippen molar-refractivity contribution < 1.29 is 19.4 Å². The molecule has 2 aromatic carbocycles. The minimum Gasteiger partial charge on any atom is -0.496 e. The molecule has 174 valence electrons. The number of hydrogen-bond donors (Lipinski definition) is 2. The highest BCUT2D eigenvalue weighted by Crippen LogP contribution is 2.31. The van der Waals surface area contributed by atoms with Gasteiger partial charge in [0.2, 0.25) is 0 Å². The van der Waals surface area contributed by atoms with Crippen molar-refractivity contribution in [2.24, 2.45) is 7.05 Å². The zero-order valence-electron chi connectivity index (χ0n) is 19.5. The fourth-order valence-electron chi connectivity index (χ4n) is 4.18. The Morgan fingerprint density at radius 1 is 1.27 bits per heavy atom. The number of carbonyl (C=O) groups excluding carboxylic acids is 1. The average Bonchev–Trinajstić information content (AvgIpc) is 3.25. The van der Waals surface area contributed by atoms with Gasteiger partial charge in [0.15, 0.2) is 0 Å². The van der Waals surface area contributed by atoms with Crippen molar-refractivity contribution >= 4 is 5.91 Å². The van der Waals surface area contributed by atoms with Crippen LogP contribution in [0.25, 0.3) is 11.3 Å². The van der Waals surface area contributed by atoms with Gasteiger partial charge in [-0.2, -0.15) is 0 Å². The lowest BCUT2D eigenvalue weighted by Gasteiger charge is -2.29. The number of aliphatic hydroxyl groups is 1. The number of hydrogen-bond acceptors (Lipinski definition) is 6. The predicted octanol–water partition coefficient (Wildman–Crippen LogP) is 2.58. The number of carbonyl (C=O) groups is 1. The van der Waals surface area contributed by atoms with E-state index in [-0.39, 0.29) is 5.91 Å². The van der Waals surface area contributed by atoms with Gasteiger partial charge in [-0.1, -0.05) is 29.5 Å². The highest BCUT2D eigenvalue weighted by molar-refractivity contribution is 5.98. The third kappa shape index (κ3) is 4.91. The van der Waals surface area contributed by atoms with E-state index in [1.165, 1.54) is 0 Å². The van der Waals surface area contributed by atoms with E-state index in [0.29, 0.717) is 37.4 Å². The van der Waals surface area contributed by atoms with Gasteiger partial charge in [-0.3, -0.25) is 9.48 Å². The summed E-state index contributed by atoms with van der Waals surface area (Å²) in [4.78, 5) is 13.1. The predicted molar refractivity (Wildman–Crippen MR) is 124 cm³/mol. The maximum atomic E-state index is 13.1. The molecule has 2 N–H and O–H groups in total. The number of methoxy groups -OCH3 is 1. The van der Waals surface area contributed by atoms with Crippen LogP contribution in [0, 0.1) is 13.8 Å². The number of aryl methyl sites for hydroxylation is 1. The number of nitrogens with one attached hydrogen (secondary N) is 1. The second-order valence-electron chi connectivity index (χ2n) is 8.53. The van der Waals surface area contributed by atoms with Crippen LogP contribution in [-0.4, -0.2) is 58.5 Å². The highest BCUT2D eigenvalue weighted by atomic mass is 16.5. The van der Waals surface area contributed by atoms with Gasteiger partial charge in [-0.05, 0) is 55.0 Å². The Morgan fingerprint density at radius 2 is 2.03 bits per heavy atom. The normalized spacial score (nSPS) is 18.2. The van der Waals surface area contributed by atoms with Crippen LogP contribution in [0.1, 0.15) is 39.0 Å². The smallest absolute Gasteiger partial charge is 0.255 e. The monoisotopic (exact) mass is 450 g/mol. The number of rotatable bonds is 6. The molecule has 2 heterocycles. The fourth-order valence-corrected chi connectivity index (χ4v) is 4.18. The summed E-state index contributed by atoms with van der Waals surface area (Å²) in [7, 11) is 3.41. The molecule has 0 spiro atoms. The maximum Gasteiger partial charge on any atom is 0.255 e. The molecule has 3 aromatic rings. The summed E-state index contributed by atoms with van der Waals surface area (Å²) in [5.74, 6) is 0.279. The minimum absolute atomic E-state index is 0.274. The summed E-state index contributed by atoms with van der Waals surface area (Å²) in [6, 6.07) is 9.65. The van der Waals surface area contributed by atoms with Gasteiger partial charge in [0, 0.05) is 19.2 Å². The van der Waals surface area contributed by atoms with Gasteiger partial charge >= 0.3 is 0 Å². The van der Waals surface area contributed by atoms with E-state index in [9.17, 15) is 9.90 Å². The number of benzene rings is 2. The molecule has 0 radical (unpaired) electrons. The Balaban J connectivity index is 1.59. The number of ether oxygens (including phenoxy) is 2. The second-order valence-corrected chi connectivity index (χ2v) is 8.53. The van der Waals surface area contributed by atoms with Gasteiger partial charge in [0.25, 0.3) is 5.91 Å². The Morgan fingerprint density at radius 3 is 2.67 bits per heavy atom. The van der Waals surface area contributed by atoms with E-state index in [0.717, 1.165) is 33.5 Å². The van der Waals surface area contributed by atoms with Crippen molar-refractivity contribution in [3.05, 3.63) is 64.3 Å². The molecule has 1 amide bonds. The van der Waals surface area contributed by atoms with Crippen molar-refractivity contribution in [3.8, 4) is 17.0 Å². The van der Waals surface area contributed by atoms with Crippen molar-refractivity contribution in [1.82, 2.24) is 20.3 Å². The molecule has 1 aliphatic rings. The summed E-state index contributed by atoms with van der Waals surface area (Å²) >= 11 is 0. The SMILES string of the molecule is COc1c(C(=O)N[C@H]2COCC[C@@H]2O)cc(Cc2ccc(-c3cn(C)nn3)cc2)c(C)c1C. The van der Waals surface area contributed by atoms with E-state index in [1.54, 1.807) is 11.8 Å². The van der Waals surface area contributed by atoms with Crippen LogP contribution in [-0.2, 0) is 18.2 Å². The molecule has 8 heteroatoms. The topological polar surface area (TPSA) is 98.5 Å². The summed E-state index contributed by atoms with van der Waals surface area (Å²) in [6.07, 6.45) is 2.44. The molecule has 0 aliphatic carbocycles. The summed E-state index contributed by atoms with van der Waals surface area (Å²) in [5, 5.41) is 21.3. The highest BCUT2D eigenvalue weighted by Gasteiger charge is 2.27. The Labute approximate surface area is 193 Å². The molecule has 0 bridgehead atoms. The maximum absolute atomic E-state index is 13.1. The molecule has 0 unspecified atom stereocenters. The summed E-state index contributed by atoms with van der Waals surface area (Å²) in [5.41, 5.74) is 6.48. The first kappa shape index (κ1) is 22.9. The first-order valence-electron chi connectivity index (χ1n) is 11.1. The van der Waals surface area contributed by atoms with Crippen LogP contribution in [0.15, 0.2) is 36.5 Å². The molecule has 1 saturated heterocycles. The van der Waals surface area contributed by atoms with Gasteiger partial charge in [-0.25, -0.2) is 0 Å². The van der Waals surface area contributed by atoms with Crippen LogP contribution in [0.2, 0.25) is 0 Å². The Kier molecular flexibility index (Phi) is 6.76. The number of aliphatic hydroxyl groups excluding tert-OH is 1. The fraction of sp³-hybridized carbons (Fsp3) is 0.400. The largest absolute Gasteiger partial charge is 0.496 e. The third-order valence-electron chi connectivity index (χ3n) is 6.28. The lowest BCUT2D eigenvalue weighted by atomic mass is 9.92. The zero-order valence-corrected chi connectivity index (χ0v) is 19.5. The van der Waals surface area contributed by atoms with Gasteiger partial charge < -0.3 is 19.9 Å². The van der Waals surface area contributed by atoms with E-state index in [4.69, 9.17) is 9.47 Å². The van der Waals surface area contributed by atoms with E-state index < -0.39 is 12.1 Å². The standard InChI is InChI=1S/C25H30N4O4/c1-15-16(2)24(32-4)20(25(31)26-22-14-33-10-9-23(22)30)12-19(15)11-17-5-7-18(8-6-17)21-13-29(3)28-27-21/h5-8,12-13,22-23,30H,9-11,14H2,1-4H3,(H,26,31)/t22-,23-/m0/s1. The molecule has 33 heavy (non-hydrogen) atoms. The molecular weight excluding hydrogens is 420 g/mol. The Bertz CT molecular complexity index is 1140. The molecule has 8 nitrogen and oxygen atoms in total. The molecule has 0 saturated carbocycles.